The van der Waals surface area contributed by atoms with Gasteiger partial charge in [-0.25, -0.2) is 9.67 Å². The van der Waals surface area contributed by atoms with E-state index in [1.807, 2.05) is 12.1 Å². The van der Waals surface area contributed by atoms with Crippen LogP contribution >= 0.6 is 0 Å². The highest BCUT2D eigenvalue weighted by molar-refractivity contribution is 5.57. The highest BCUT2D eigenvalue weighted by Crippen LogP contribution is 2.27. The fourth-order valence-electron chi connectivity index (χ4n) is 3.47. The van der Waals surface area contributed by atoms with Crippen molar-refractivity contribution in [1.29, 1.82) is 5.26 Å². The minimum Gasteiger partial charge on any atom is -0.351 e. The van der Waals surface area contributed by atoms with E-state index in [2.05, 4.69) is 26.0 Å². The van der Waals surface area contributed by atoms with Gasteiger partial charge in [-0.3, -0.25) is 9.78 Å². The van der Waals surface area contributed by atoms with Crippen molar-refractivity contribution in [3.63, 3.8) is 0 Å². The Hall–Kier alpha value is -3.53. The van der Waals surface area contributed by atoms with Gasteiger partial charge in [0.1, 0.15) is 11.9 Å². The largest absolute Gasteiger partial charge is 0.351 e. The summed E-state index contributed by atoms with van der Waals surface area (Å²) in [4.78, 5) is 22.9. The fourth-order valence-corrected chi connectivity index (χ4v) is 3.47. The zero-order valence-corrected chi connectivity index (χ0v) is 14.7. The van der Waals surface area contributed by atoms with Crippen LogP contribution in [0, 0.1) is 11.3 Å². The second-order valence-corrected chi connectivity index (χ2v) is 6.45. The van der Waals surface area contributed by atoms with E-state index in [4.69, 9.17) is 0 Å². The topological polar surface area (TPSA) is 87.7 Å². The third-order valence-electron chi connectivity index (χ3n) is 4.78. The molecule has 1 atom stereocenters. The second kappa shape index (κ2) is 7.38. The SMILES string of the molecule is N#Cc1cccnc1N1CCCC1Cn1nc(-c2ccncc2)ccc1=O. The molecule has 1 aliphatic rings. The lowest BCUT2D eigenvalue weighted by molar-refractivity contribution is 0.488. The van der Waals surface area contributed by atoms with Gasteiger partial charge in [0.25, 0.3) is 5.56 Å². The van der Waals surface area contributed by atoms with Gasteiger partial charge in [-0.1, -0.05) is 0 Å². The molecule has 1 saturated heterocycles. The summed E-state index contributed by atoms with van der Waals surface area (Å²) in [5.41, 5.74) is 2.06. The van der Waals surface area contributed by atoms with Crippen LogP contribution in [0.4, 0.5) is 5.82 Å². The summed E-state index contributed by atoms with van der Waals surface area (Å²) >= 11 is 0. The van der Waals surface area contributed by atoms with Crippen LogP contribution < -0.4 is 10.5 Å². The predicted octanol–water partition coefficient (Wildman–Crippen LogP) is 2.24. The standard InChI is InChI=1S/C20H18N6O/c21-13-16-3-1-9-23-20(16)25-12-2-4-17(25)14-26-19(27)6-5-18(24-26)15-7-10-22-11-8-15/h1,3,5-11,17H,2,4,12,14H2. The van der Waals surface area contributed by atoms with Gasteiger partial charge in [0.15, 0.2) is 0 Å². The molecule has 1 unspecified atom stereocenters. The summed E-state index contributed by atoms with van der Waals surface area (Å²) in [5, 5.41) is 13.9. The van der Waals surface area contributed by atoms with Crippen molar-refractivity contribution in [3.8, 4) is 17.3 Å². The molecule has 3 aromatic heterocycles. The molecule has 7 heteroatoms. The molecule has 0 N–H and O–H groups in total. The lowest BCUT2D eigenvalue weighted by Crippen LogP contribution is -2.37. The van der Waals surface area contributed by atoms with Crippen LogP contribution in [0.15, 0.2) is 59.8 Å². The van der Waals surface area contributed by atoms with Crippen LogP contribution in [0.3, 0.4) is 0 Å². The monoisotopic (exact) mass is 358 g/mol. The minimum absolute atomic E-state index is 0.0740. The molecule has 0 amide bonds. The average Bonchev–Trinajstić information content (AvgIpc) is 3.18. The van der Waals surface area contributed by atoms with Crippen LogP contribution in [0.25, 0.3) is 11.3 Å². The summed E-state index contributed by atoms with van der Waals surface area (Å²) in [5.74, 6) is 0.681. The van der Waals surface area contributed by atoms with Crippen molar-refractivity contribution in [1.82, 2.24) is 19.7 Å². The number of nitrogens with zero attached hydrogens (tertiary/aromatic N) is 6. The van der Waals surface area contributed by atoms with E-state index in [1.54, 1.807) is 42.9 Å². The van der Waals surface area contributed by atoms with Gasteiger partial charge in [0, 0.05) is 36.8 Å². The van der Waals surface area contributed by atoms with Crippen molar-refractivity contribution in [2.45, 2.75) is 25.4 Å². The van der Waals surface area contributed by atoms with E-state index in [1.165, 1.54) is 4.68 Å². The van der Waals surface area contributed by atoms with Gasteiger partial charge in [-0.2, -0.15) is 10.4 Å². The maximum absolute atomic E-state index is 12.4. The Labute approximate surface area is 156 Å². The molecule has 3 aromatic rings. The first-order chi connectivity index (χ1) is 13.3. The van der Waals surface area contributed by atoms with Crippen molar-refractivity contribution < 1.29 is 0 Å². The van der Waals surface area contributed by atoms with Gasteiger partial charge in [-0.15, -0.1) is 0 Å². The van der Waals surface area contributed by atoms with Crippen LogP contribution in [0.5, 0.6) is 0 Å². The molecule has 0 saturated carbocycles. The molecule has 4 rings (SSSR count). The zero-order valence-electron chi connectivity index (χ0n) is 14.7. The maximum atomic E-state index is 12.4. The molecule has 1 fully saturated rings. The number of aromatic nitrogens is 4. The Morgan fingerprint density at radius 3 is 2.81 bits per heavy atom. The first kappa shape index (κ1) is 16.9. The zero-order chi connectivity index (χ0) is 18.6. The Bertz CT molecular complexity index is 1040. The molecule has 27 heavy (non-hydrogen) atoms. The molecule has 0 spiro atoms. The molecule has 0 bridgehead atoms. The highest BCUT2D eigenvalue weighted by atomic mass is 16.1. The molecular formula is C20H18N6O. The van der Waals surface area contributed by atoms with E-state index < -0.39 is 0 Å². The molecule has 1 aliphatic heterocycles. The number of rotatable bonds is 4. The number of hydrogen-bond acceptors (Lipinski definition) is 6. The van der Waals surface area contributed by atoms with Gasteiger partial charge >= 0.3 is 0 Å². The second-order valence-electron chi connectivity index (χ2n) is 6.45. The maximum Gasteiger partial charge on any atom is 0.266 e. The van der Waals surface area contributed by atoms with E-state index >= 15 is 0 Å². The Morgan fingerprint density at radius 1 is 1.15 bits per heavy atom. The minimum atomic E-state index is -0.138. The average molecular weight is 358 g/mol. The van der Waals surface area contributed by atoms with Crippen molar-refractivity contribution in [2.75, 3.05) is 11.4 Å². The van der Waals surface area contributed by atoms with Crippen LogP contribution in [-0.4, -0.2) is 32.3 Å². The molecular weight excluding hydrogens is 340 g/mol. The summed E-state index contributed by atoms with van der Waals surface area (Å²) < 4.78 is 1.51. The smallest absolute Gasteiger partial charge is 0.266 e. The summed E-state index contributed by atoms with van der Waals surface area (Å²) in [6.07, 6.45) is 7.02. The van der Waals surface area contributed by atoms with Crippen LogP contribution in [-0.2, 0) is 6.54 Å². The van der Waals surface area contributed by atoms with Crippen molar-refractivity contribution in [3.05, 3.63) is 70.9 Å². The van der Waals surface area contributed by atoms with E-state index in [-0.39, 0.29) is 11.6 Å². The van der Waals surface area contributed by atoms with Gasteiger partial charge < -0.3 is 4.90 Å². The molecule has 4 heterocycles. The Balaban J connectivity index is 1.64. The van der Waals surface area contributed by atoms with E-state index in [9.17, 15) is 10.1 Å². The number of nitriles is 1. The lowest BCUT2D eigenvalue weighted by Gasteiger charge is -2.26. The van der Waals surface area contributed by atoms with Crippen LogP contribution in [0.1, 0.15) is 18.4 Å². The molecule has 0 aromatic carbocycles. The normalized spacial score (nSPS) is 16.3. The van der Waals surface area contributed by atoms with Gasteiger partial charge in [0.2, 0.25) is 0 Å². The molecule has 0 radical (unpaired) electrons. The summed E-state index contributed by atoms with van der Waals surface area (Å²) in [6, 6.07) is 12.8. The third-order valence-corrected chi connectivity index (χ3v) is 4.78. The summed E-state index contributed by atoms with van der Waals surface area (Å²) in [6.45, 7) is 1.27. The molecule has 134 valence electrons. The highest BCUT2D eigenvalue weighted by Gasteiger charge is 2.28. The van der Waals surface area contributed by atoms with Crippen molar-refractivity contribution >= 4 is 5.82 Å². The fraction of sp³-hybridized carbons (Fsp3) is 0.250. The third kappa shape index (κ3) is 3.42. The van der Waals surface area contributed by atoms with Crippen molar-refractivity contribution in [2.24, 2.45) is 0 Å². The first-order valence-electron chi connectivity index (χ1n) is 8.86. The first-order valence-corrected chi connectivity index (χ1v) is 8.86. The van der Waals surface area contributed by atoms with Crippen LogP contribution in [0.2, 0.25) is 0 Å². The van der Waals surface area contributed by atoms with E-state index in [0.717, 1.165) is 30.6 Å². The Kier molecular flexibility index (Phi) is 4.62. The number of anilines is 1. The van der Waals surface area contributed by atoms with Gasteiger partial charge in [0.05, 0.1) is 23.8 Å². The summed E-state index contributed by atoms with van der Waals surface area (Å²) in [7, 11) is 0. The van der Waals surface area contributed by atoms with E-state index in [0.29, 0.717) is 17.9 Å². The molecule has 0 aliphatic carbocycles. The Morgan fingerprint density at radius 2 is 2.00 bits per heavy atom. The number of hydrogen-bond donors (Lipinski definition) is 0. The predicted molar refractivity (Wildman–Crippen MR) is 101 cm³/mol. The quantitative estimate of drug-likeness (QED) is 0.711. The number of pyridine rings is 2. The van der Waals surface area contributed by atoms with Gasteiger partial charge in [-0.05, 0) is 43.2 Å². The molecule has 7 nitrogen and oxygen atoms in total. The lowest BCUT2D eigenvalue weighted by atomic mass is 10.2.